The van der Waals surface area contributed by atoms with Crippen LogP contribution < -0.4 is 5.32 Å². The summed E-state index contributed by atoms with van der Waals surface area (Å²) in [6.45, 7) is 3.79. The number of carbonyl (C=O) groups excluding carboxylic acids is 1. The fraction of sp³-hybridized carbons (Fsp3) is 0.812. The molecule has 120 valence electrons. The van der Waals surface area contributed by atoms with E-state index in [-0.39, 0.29) is 17.7 Å². The topological polar surface area (TPSA) is 58.6 Å². The third-order valence-corrected chi connectivity index (χ3v) is 5.72. The van der Waals surface area contributed by atoms with Crippen LogP contribution in [-0.4, -0.2) is 41.2 Å². The van der Waals surface area contributed by atoms with E-state index < -0.39 is 17.2 Å². The van der Waals surface area contributed by atoms with Crippen LogP contribution in [0.1, 0.15) is 39.5 Å². The van der Waals surface area contributed by atoms with Crippen LogP contribution in [0, 0.1) is 11.8 Å². The molecule has 1 fully saturated rings. The van der Waals surface area contributed by atoms with Gasteiger partial charge in [0, 0.05) is 18.9 Å². The van der Waals surface area contributed by atoms with Crippen LogP contribution in [-0.2, 0) is 9.53 Å². The zero-order valence-electron chi connectivity index (χ0n) is 13.1. The van der Waals surface area contributed by atoms with Gasteiger partial charge in [-0.15, -0.1) is 11.6 Å². The first-order valence-electron chi connectivity index (χ1n) is 7.68. The normalized spacial score (nSPS) is 41.1. The number of amides is 1. The number of halogens is 1. The SMILES string of the molecule is CO[C@]1(C)[C@H](CCCl)C(=O)N[C@@]1(C)C(O)C1C=CCCC1. The van der Waals surface area contributed by atoms with E-state index in [1.807, 2.05) is 13.8 Å². The van der Waals surface area contributed by atoms with Crippen molar-refractivity contribution in [3.8, 4) is 0 Å². The molecule has 1 aliphatic carbocycles. The maximum absolute atomic E-state index is 12.4. The van der Waals surface area contributed by atoms with Crippen LogP contribution in [0.15, 0.2) is 12.2 Å². The summed E-state index contributed by atoms with van der Waals surface area (Å²) in [6.07, 6.45) is 7.10. The average molecular weight is 316 g/mol. The Morgan fingerprint density at radius 3 is 2.81 bits per heavy atom. The van der Waals surface area contributed by atoms with Gasteiger partial charge in [0.05, 0.1) is 17.6 Å². The highest BCUT2D eigenvalue weighted by Gasteiger charge is 2.63. The monoisotopic (exact) mass is 315 g/mol. The number of hydrogen-bond donors (Lipinski definition) is 2. The lowest BCUT2D eigenvalue weighted by molar-refractivity contribution is -0.130. The quantitative estimate of drug-likeness (QED) is 0.604. The van der Waals surface area contributed by atoms with Crippen LogP contribution in [0.2, 0.25) is 0 Å². The summed E-state index contributed by atoms with van der Waals surface area (Å²) in [5, 5.41) is 13.9. The lowest BCUT2D eigenvalue weighted by Gasteiger charge is -2.46. The number of rotatable bonds is 5. The van der Waals surface area contributed by atoms with Crippen LogP contribution in [0.5, 0.6) is 0 Å². The Hall–Kier alpha value is -0.580. The minimum absolute atomic E-state index is 0.0493. The summed E-state index contributed by atoms with van der Waals surface area (Å²) in [7, 11) is 1.60. The molecule has 0 radical (unpaired) electrons. The first-order valence-corrected chi connectivity index (χ1v) is 8.22. The molecule has 0 saturated carbocycles. The Labute approximate surface area is 131 Å². The van der Waals surface area contributed by atoms with Gasteiger partial charge in [-0.25, -0.2) is 0 Å². The number of carbonyl (C=O) groups is 1. The van der Waals surface area contributed by atoms with Gasteiger partial charge in [0.1, 0.15) is 5.60 Å². The number of allylic oxidation sites excluding steroid dienone is 1. The smallest absolute Gasteiger partial charge is 0.226 e. The Balaban J connectivity index is 2.32. The molecule has 2 aliphatic rings. The largest absolute Gasteiger partial charge is 0.390 e. The Bertz CT molecular complexity index is 428. The molecule has 1 saturated heterocycles. The number of hydrogen-bond acceptors (Lipinski definition) is 3. The highest BCUT2D eigenvalue weighted by atomic mass is 35.5. The third-order valence-electron chi connectivity index (χ3n) is 5.51. The first-order chi connectivity index (χ1) is 9.90. The van der Waals surface area contributed by atoms with Crippen molar-refractivity contribution in [2.24, 2.45) is 11.8 Å². The zero-order valence-corrected chi connectivity index (χ0v) is 13.8. The van der Waals surface area contributed by atoms with Crippen molar-refractivity contribution in [2.75, 3.05) is 13.0 Å². The van der Waals surface area contributed by atoms with Crippen molar-refractivity contribution in [3.63, 3.8) is 0 Å². The van der Waals surface area contributed by atoms with E-state index in [9.17, 15) is 9.90 Å². The second-order valence-electron chi connectivity index (χ2n) is 6.50. The summed E-state index contributed by atoms with van der Waals surface area (Å²) in [4.78, 5) is 12.4. The standard InChI is InChI=1S/C16H26ClNO3/c1-15(13(19)11-7-5-4-6-8-11)16(2,21-3)12(9-10-17)14(20)18-15/h5,7,11-13,19H,4,6,8-10H2,1-3H3,(H,18,20)/t11?,12-,13?,15+,16-/m1/s1. The molecule has 21 heavy (non-hydrogen) atoms. The maximum atomic E-state index is 12.4. The molecule has 0 spiro atoms. The lowest BCUT2D eigenvalue weighted by atomic mass is 9.69. The maximum Gasteiger partial charge on any atom is 0.226 e. The molecule has 1 aliphatic heterocycles. The Morgan fingerprint density at radius 2 is 2.29 bits per heavy atom. The number of alkyl halides is 1. The molecule has 2 unspecified atom stereocenters. The summed E-state index contributed by atoms with van der Waals surface area (Å²) < 4.78 is 5.74. The van der Waals surface area contributed by atoms with Gasteiger partial charge < -0.3 is 15.2 Å². The average Bonchev–Trinajstić information content (AvgIpc) is 2.69. The van der Waals surface area contributed by atoms with E-state index in [2.05, 4.69) is 17.5 Å². The molecule has 2 rings (SSSR count). The van der Waals surface area contributed by atoms with Crippen molar-refractivity contribution >= 4 is 17.5 Å². The zero-order chi connectivity index (χ0) is 15.7. The van der Waals surface area contributed by atoms with Gasteiger partial charge in [-0.3, -0.25) is 4.79 Å². The van der Waals surface area contributed by atoms with Gasteiger partial charge >= 0.3 is 0 Å². The van der Waals surface area contributed by atoms with E-state index in [0.717, 1.165) is 19.3 Å². The Morgan fingerprint density at radius 1 is 1.57 bits per heavy atom. The molecule has 1 heterocycles. The molecule has 0 aromatic heterocycles. The summed E-state index contributed by atoms with van der Waals surface area (Å²) >= 11 is 5.84. The van der Waals surface area contributed by atoms with Gasteiger partial charge in [0.15, 0.2) is 0 Å². The summed E-state index contributed by atoms with van der Waals surface area (Å²) in [5.74, 6) is 0.0221. The van der Waals surface area contributed by atoms with E-state index in [0.29, 0.717) is 12.3 Å². The summed E-state index contributed by atoms with van der Waals surface area (Å²) in [6, 6.07) is 0. The van der Waals surface area contributed by atoms with Crippen molar-refractivity contribution in [3.05, 3.63) is 12.2 Å². The molecule has 0 bridgehead atoms. The lowest BCUT2D eigenvalue weighted by Crippen LogP contribution is -2.64. The van der Waals surface area contributed by atoms with E-state index in [4.69, 9.17) is 16.3 Å². The minimum atomic E-state index is -0.818. The molecular weight excluding hydrogens is 290 g/mol. The van der Waals surface area contributed by atoms with Crippen molar-refractivity contribution in [1.29, 1.82) is 0 Å². The van der Waals surface area contributed by atoms with Crippen LogP contribution in [0.3, 0.4) is 0 Å². The van der Waals surface area contributed by atoms with Crippen LogP contribution in [0.25, 0.3) is 0 Å². The molecule has 5 atom stereocenters. The van der Waals surface area contributed by atoms with Crippen molar-refractivity contribution in [2.45, 2.75) is 56.8 Å². The number of methoxy groups -OCH3 is 1. The first kappa shape index (κ1) is 16.8. The van der Waals surface area contributed by atoms with Crippen LogP contribution >= 0.6 is 11.6 Å². The van der Waals surface area contributed by atoms with Gasteiger partial charge in [0.2, 0.25) is 5.91 Å². The van der Waals surface area contributed by atoms with Crippen molar-refractivity contribution in [1.82, 2.24) is 5.32 Å². The molecule has 5 heteroatoms. The van der Waals surface area contributed by atoms with Gasteiger partial charge in [-0.2, -0.15) is 0 Å². The number of aliphatic hydroxyl groups is 1. The number of aliphatic hydroxyl groups excluding tert-OH is 1. The summed E-state index contributed by atoms with van der Waals surface area (Å²) in [5.41, 5.74) is -1.59. The number of nitrogens with one attached hydrogen (secondary N) is 1. The minimum Gasteiger partial charge on any atom is -0.390 e. The second-order valence-corrected chi connectivity index (χ2v) is 6.88. The van der Waals surface area contributed by atoms with E-state index in [1.54, 1.807) is 7.11 Å². The molecule has 4 nitrogen and oxygen atoms in total. The molecule has 1 amide bonds. The molecule has 2 N–H and O–H groups in total. The van der Waals surface area contributed by atoms with Gasteiger partial charge in [0.25, 0.3) is 0 Å². The molecule has 0 aromatic carbocycles. The third kappa shape index (κ3) is 2.62. The second kappa shape index (κ2) is 6.27. The van der Waals surface area contributed by atoms with Gasteiger partial charge in [-0.05, 0) is 39.5 Å². The number of ether oxygens (including phenoxy) is 1. The predicted octanol–water partition coefficient (Wildman–Crippen LogP) is 2.24. The Kier molecular flexibility index (Phi) is 5.01. The van der Waals surface area contributed by atoms with Crippen LogP contribution in [0.4, 0.5) is 0 Å². The highest BCUT2D eigenvalue weighted by molar-refractivity contribution is 6.18. The molecule has 0 aromatic rings. The highest BCUT2D eigenvalue weighted by Crippen LogP contribution is 2.45. The fourth-order valence-corrected chi connectivity index (χ4v) is 4.06. The predicted molar refractivity (Wildman–Crippen MR) is 83.3 cm³/mol. The van der Waals surface area contributed by atoms with Gasteiger partial charge in [-0.1, -0.05) is 12.2 Å². The van der Waals surface area contributed by atoms with E-state index in [1.165, 1.54) is 0 Å². The molecular formula is C16H26ClNO3. The van der Waals surface area contributed by atoms with Crippen molar-refractivity contribution < 1.29 is 14.6 Å². The van der Waals surface area contributed by atoms with E-state index >= 15 is 0 Å². The fourth-order valence-electron chi connectivity index (χ4n) is 3.85.